The third-order valence-electron chi connectivity index (χ3n) is 4.28. The molecule has 0 N–H and O–H groups in total. The molecule has 3 aromatic rings. The number of nitrogens with zero attached hydrogens (tertiary/aromatic N) is 4. The van der Waals surface area contributed by atoms with Crippen molar-refractivity contribution in [2.45, 2.75) is 26.9 Å². The van der Waals surface area contributed by atoms with Crippen molar-refractivity contribution in [2.24, 2.45) is 0 Å². The number of benzene rings is 1. The second-order valence-electron chi connectivity index (χ2n) is 6.17. The minimum absolute atomic E-state index is 0.0333. The number of nitro groups is 1. The summed E-state index contributed by atoms with van der Waals surface area (Å²) in [6.07, 6.45) is 3.56. The van der Waals surface area contributed by atoms with Gasteiger partial charge >= 0.3 is 0 Å². The summed E-state index contributed by atoms with van der Waals surface area (Å²) in [6.45, 7) is 5.02. The van der Waals surface area contributed by atoms with Crippen LogP contribution in [-0.4, -0.2) is 14.9 Å². The Hall–Kier alpha value is -3.28. The Kier molecular flexibility index (Phi) is 5.22. The molecule has 26 heavy (non-hydrogen) atoms. The Labute approximate surface area is 152 Å². The second-order valence-corrected chi connectivity index (χ2v) is 6.17. The average Bonchev–Trinajstić information content (AvgIpc) is 2.63. The molecule has 0 spiro atoms. The van der Waals surface area contributed by atoms with Crippen LogP contribution < -0.4 is 4.90 Å². The maximum atomic E-state index is 11.1. The Bertz CT molecular complexity index is 913. The summed E-state index contributed by atoms with van der Waals surface area (Å²) in [4.78, 5) is 21.4. The fraction of sp³-hybridized carbons (Fsp3) is 0.200. The Morgan fingerprint density at radius 3 is 2.50 bits per heavy atom. The van der Waals surface area contributed by atoms with Gasteiger partial charge in [0.25, 0.3) is 5.69 Å². The maximum absolute atomic E-state index is 11.1. The van der Waals surface area contributed by atoms with Gasteiger partial charge in [-0.2, -0.15) is 0 Å². The van der Waals surface area contributed by atoms with Gasteiger partial charge in [-0.15, -0.1) is 0 Å². The van der Waals surface area contributed by atoms with Crippen molar-refractivity contribution in [3.8, 4) is 0 Å². The number of rotatable bonds is 6. The van der Waals surface area contributed by atoms with Crippen molar-refractivity contribution in [2.75, 3.05) is 4.90 Å². The van der Waals surface area contributed by atoms with Gasteiger partial charge in [0.1, 0.15) is 11.5 Å². The highest BCUT2D eigenvalue weighted by molar-refractivity contribution is 5.48. The van der Waals surface area contributed by atoms with Crippen LogP contribution in [0.4, 0.5) is 11.5 Å². The number of anilines is 1. The van der Waals surface area contributed by atoms with Crippen molar-refractivity contribution < 1.29 is 4.92 Å². The SMILES string of the molecule is Cc1ccccc1CN(Cc1cccnc1)c1ccc([N+](=O)[O-])c(C)n1. The molecule has 0 bridgehead atoms. The van der Waals surface area contributed by atoms with Crippen molar-refractivity contribution in [1.29, 1.82) is 0 Å². The summed E-state index contributed by atoms with van der Waals surface area (Å²) in [6, 6.07) is 15.3. The molecule has 3 rings (SSSR count). The van der Waals surface area contributed by atoms with Crippen LogP contribution >= 0.6 is 0 Å². The maximum Gasteiger partial charge on any atom is 0.290 e. The first-order valence-electron chi connectivity index (χ1n) is 8.35. The molecular formula is C20H20N4O2. The predicted octanol–water partition coefficient (Wildman–Crippen LogP) is 4.21. The minimum atomic E-state index is -0.404. The highest BCUT2D eigenvalue weighted by atomic mass is 16.6. The van der Waals surface area contributed by atoms with Crippen LogP contribution in [0.5, 0.6) is 0 Å². The summed E-state index contributed by atoms with van der Waals surface area (Å²) < 4.78 is 0. The summed E-state index contributed by atoms with van der Waals surface area (Å²) in [5.41, 5.74) is 3.88. The summed E-state index contributed by atoms with van der Waals surface area (Å²) >= 11 is 0. The quantitative estimate of drug-likeness (QED) is 0.493. The smallest absolute Gasteiger partial charge is 0.290 e. The predicted molar refractivity (Wildman–Crippen MR) is 101 cm³/mol. The molecule has 6 nitrogen and oxygen atoms in total. The number of pyridine rings is 2. The van der Waals surface area contributed by atoms with Crippen molar-refractivity contribution in [3.63, 3.8) is 0 Å². The van der Waals surface area contributed by atoms with E-state index in [2.05, 4.69) is 33.9 Å². The molecule has 6 heteroatoms. The molecule has 0 radical (unpaired) electrons. The number of aromatic nitrogens is 2. The molecule has 0 unspecified atom stereocenters. The first-order valence-corrected chi connectivity index (χ1v) is 8.35. The van der Waals surface area contributed by atoms with Crippen LogP contribution in [0, 0.1) is 24.0 Å². The van der Waals surface area contributed by atoms with E-state index < -0.39 is 4.92 Å². The third kappa shape index (κ3) is 4.03. The van der Waals surface area contributed by atoms with E-state index in [9.17, 15) is 10.1 Å². The highest BCUT2D eigenvalue weighted by Gasteiger charge is 2.16. The van der Waals surface area contributed by atoms with E-state index in [1.807, 2.05) is 30.5 Å². The van der Waals surface area contributed by atoms with Crippen LogP contribution in [0.3, 0.4) is 0 Å². The van der Waals surface area contributed by atoms with E-state index in [1.165, 1.54) is 17.2 Å². The Morgan fingerprint density at radius 1 is 1.04 bits per heavy atom. The highest BCUT2D eigenvalue weighted by Crippen LogP contribution is 2.24. The topological polar surface area (TPSA) is 72.2 Å². The zero-order valence-electron chi connectivity index (χ0n) is 14.8. The normalized spacial score (nSPS) is 10.5. The summed E-state index contributed by atoms with van der Waals surface area (Å²) in [5.74, 6) is 0.709. The molecule has 0 aliphatic rings. The van der Waals surface area contributed by atoms with Gasteiger partial charge in [0.2, 0.25) is 0 Å². The van der Waals surface area contributed by atoms with Crippen molar-refractivity contribution in [1.82, 2.24) is 9.97 Å². The van der Waals surface area contributed by atoms with Gasteiger partial charge in [0, 0.05) is 31.5 Å². The Balaban J connectivity index is 1.96. The third-order valence-corrected chi connectivity index (χ3v) is 4.28. The lowest BCUT2D eigenvalue weighted by Crippen LogP contribution is -2.24. The fourth-order valence-electron chi connectivity index (χ4n) is 2.83. The molecule has 132 valence electrons. The molecule has 0 saturated heterocycles. The lowest BCUT2D eigenvalue weighted by molar-refractivity contribution is -0.385. The molecule has 0 fully saturated rings. The lowest BCUT2D eigenvalue weighted by atomic mass is 10.1. The van der Waals surface area contributed by atoms with Crippen LogP contribution in [-0.2, 0) is 13.1 Å². The molecular weight excluding hydrogens is 328 g/mol. The van der Waals surface area contributed by atoms with E-state index in [1.54, 1.807) is 19.2 Å². The molecule has 0 atom stereocenters. The molecule has 2 heterocycles. The first-order chi connectivity index (χ1) is 12.5. The standard InChI is InChI=1S/C20H20N4O2/c1-15-6-3-4-8-18(15)14-23(13-17-7-5-11-21-12-17)20-10-9-19(24(25)26)16(2)22-20/h3-12H,13-14H2,1-2H3. The minimum Gasteiger partial charge on any atom is -0.348 e. The zero-order chi connectivity index (χ0) is 18.5. The average molecular weight is 348 g/mol. The molecule has 1 aromatic carbocycles. The number of hydrogen-bond acceptors (Lipinski definition) is 5. The fourth-order valence-corrected chi connectivity index (χ4v) is 2.83. The van der Waals surface area contributed by atoms with Gasteiger partial charge in [0.15, 0.2) is 0 Å². The van der Waals surface area contributed by atoms with Crippen molar-refractivity contribution >= 4 is 11.5 Å². The van der Waals surface area contributed by atoms with Gasteiger partial charge < -0.3 is 4.90 Å². The molecule has 2 aromatic heterocycles. The largest absolute Gasteiger partial charge is 0.348 e. The molecule has 0 aliphatic carbocycles. The summed E-state index contributed by atoms with van der Waals surface area (Å²) in [7, 11) is 0. The number of hydrogen-bond donors (Lipinski definition) is 0. The van der Waals surface area contributed by atoms with Gasteiger partial charge in [-0.1, -0.05) is 30.3 Å². The van der Waals surface area contributed by atoms with Gasteiger partial charge in [-0.25, -0.2) is 4.98 Å². The molecule has 0 aliphatic heterocycles. The number of aryl methyl sites for hydroxylation is 2. The van der Waals surface area contributed by atoms with Crippen LogP contribution in [0.2, 0.25) is 0 Å². The monoisotopic (exact) mass is 348 g/mol. The molecule has 0 amide bonds. The van der Waals surface area contributed by atoms with E-state index in [0.29, 0.717) is 24.6 Å². The van der Waals surface area contributed by atoms with Crippen LogP contribution in [0.15, 0.2) is 60.9 Å². The van der Waals surface area contributed by atoms with E-state index in [0.717, 1.165) is 5.56 Å². The van der Waals surface area contributed by atoms with E-state index in [4.69, 9.17) is 0 Å². The van der Waals surface area contributed by atoms with Gasteiger partial charge in [0.05, 0.1) is 4.92 Å². The van der Waals surface area contributed by atoms with Crippen LogP contribution in [0.1, 0.15) is 22.4 Å². The first kappa shape index (κ1) is 17.5. The second kappa shape index (κ2) is 7.74. The van der Waals surface area contributed by atoms with Crippen LogP contribution in [0.25, 0.3) is 0 Å². The lowest BCUT2D eigenvalue weighted by Gasteiger charge is -2.25. The van der Waals surface area contributed by atoms with Gasteiger partial charge in [-0.3, -0.25) is 15.1 Å². The van der Waals surface area contributed by atoms with E-state index >= 15 is 0 Å². The summed E-state index contributed by atoms with van der Waals surface area (Å²) in [5, 5.41) is 11.1. The zero-order valence-corrected chi connectivity index (χ0v) is 14.8. The Morgan fingerprint density at radius 2 is 1.85 bits per heavy atom. The van der Waals surface area contributed by atoms with Crippen molar-refractivity contribution in [3.05, 3.63) is 93.4 Å². The van der Waals surface area contributed by atoms with E-state index in [-0.39, 0.29) is 5.69 Å². The van der Waals surface area contributed by atoms with Gasteiger partial charge in [-0.05, 0) is 42.7 Å². The molecule has 0 saturated carbocycles.